The molecule has 0 aliphatic heterocycles. The van der Waals surface area contributed by atoms with Crippen molar-refractivity contribution in [1.82, 2.24) is 0 Å². The van der Waals surface area contributed by atoms with E-state index >= 15 is 0 Å². The minimum atomic E-state index is 0.0980. The Bertz CT molecular complexity index is 609. The van der Waals surface area contributed by atoms with Crippen LogP contribution in [0.2, 0.25) is 0 Å². The van der Waals surface area contributed by atoms with Crippen LogP contribution in [0.15, 0.2) is 53.7 Å². The molecule has 104 valence electrons. The highest BCUT2D eigenvalue weighted by Gasteiger charge is 2.03. The van der Waals surface area contributed by atoms with Gasteiger partial charge in [0.05, 0.1) is 0 Å². The first-order chi connectivity index (χ1) is 9.74. The van der Waals surface area contributed by atoms with Gasteiger partial charge in [-0.15, -0.1) is 0 Å². The van der Waals surface area contributed by atoms with E-state index in [0.717, 1.165) is 17.7 Å². The van der Waals surface area contributed by atoms with Crippen molar-refractivity contribution in [3.05, 3.63) is 65.2 Å². The fourth-order valence-electron chi connectivity index (χ4n) is 1.98. The summed E-state index contributed by atoms with van der Waals surface area (Å²) in [6.45, 7) is 2.55. The molecule has 0 saturated heterocycles. The fraction of sp³-hybridized carbons (Fsp3) is 0.188. The van der Waals surface area contributed by atoms with Gasteiger partial charge in [0.25, 0.3) is 0 Å². The molecular weight excluding hydrogens is 252 g/mol. The minimum Gasteiger partial charge on any atom is -0.489 e. The quantitative estimate of drug-likeness (QED) is 0.380. The van der Waals surface area contributed by atoms with Gasteiger partial charge in [-0.05, 0) is 29.7 Å². The Balaban J connectivity index is 2.11. The highest BCUT2D eigenvalue weighted by atomic mass is 16.5. The number of nitrogens with zero attached hydrogens (tertiary/aromatic N) is 1. The van der Waals surface area contributed by atoms with Crippen LogP contribution in [0.25, 0.3) is 0 Å². The van der Waals surface area contributed by atoms with Crippen LogP contribution in [0.5, 0.6) is 5.75 Å². The molecule has 0 aliphatic carbocycles. The van der Waals surface area contributed by atoms with Gasteiger partial charge in [-0.3, -0.25) is 0 Å². The van der Waals surface area contributed by atoms with E-state index in [-0.39, 0.29) is 5.84 Å². The van der Waals surface area contributed by atoms with Crippen LogP contribution >= 0.6 is 0 Å². The number of amidine groups is 1. The Morgan fingerprint density at radius 1 is 1.20 bits per heavy atom. The second-order valence-electron chi connectivity index (χ2n) is 4.44. The molecular formula is C16H18N2O2. The second kappa shape index (κ2) is 6.61. The maximum absolute atomic E-state index is 8.69. The fourth-order valence-corrected chi connectivity index (χ4v) is 1.98. The summed E-state index contributed by atoms with van der Waals surface area (Å²) in [4.78, 5) is 0. The van der Waals surface area contributed by atoms with Gasteiger partial charge in [-0.2, -0.15) is 0 Å². The highest BCUT2D eigenvalue weighted by Crippen LogP contribution is 2.19. The Labute approximate surface area is 118 Å². The lowest BCUT2D eigenvalue weighted by Crippen LogP contribution is -2.13. The van der Waals surface area contributed by atoms with E-state index in [0.29, 0.717) is 12.2 Å². The van der Waals surface area contributed by atoms with Gasteiger partial charge in [-0.1, -0.05) is 48.5 Å². The van der Waals surface area contributed by atoms with E-state index in [2.05, 4.69) is 18.1 Å². The molecule has 0 aliphatic rings. The Morgan fingerprint density at radius 3 is 2.75 bits per heavy atom. The van der Waals surface area contributed by atoms with Gasteiger partial charge in [-0.25, -0.2) is 0 Å². The van der Waals surface area contributed by atoms with Gasteiger partial charge < -0.3 is 15.7 Å². The lowest BCUT2D eigenvalue weighted by Gasteiger charge is -2.10. The second-order valence-corrected chi connectivity index (χ2v) is 4.44. The van der Waals surface area contributed by atoms with Crippen LogP contribution in [0.1, 0.15) is 23.6 Å². The monoisotopic (exact) mass is 270 g/mol. The maximum Gasteiger partial charge on any atom is 0.170 e. The molecule has 0 unspecified atom stereocenters. The first-order valence-electron chi connectivity index (χ1n) is 6.52. The van der Waals surface area contributed by atoms with Crippen LogP contribution in [-0.4, -0.2) is 11.0 Å². The van der Waals surface area contributed by atoms with Gasteiger partial charge >= 0.3 is 0 Å². The third-order valence-corrected chi connectivity index (χ3v) is 3.08. The summed E-state index contributed by atoms with van der Waals surface area (Å²) in [5.41, 5.74) is 8.41. The molecule has 2 aromatic rings. The molecule has 0 radical (unpaired) electrons. The van der Waals surface area contributed by atoms with Gasteiger partial charge in [0.1, 0.15) is 12.4 Å². The van der Waals surface area contributed by atoms with E-state index in [9.17, 15) is 0 Å². The van der Waals surface area contributed by atoms with Crippen LogP contribution in [0.4, 0.5) is 0 Å². The number of para-hydroxylation sites is 1. The average molecular weight is 270 g/mol. The smallest absolute Gasteiger partial charge is 0.170 e. The molecule has 2 aromatic carbocycles. The number of aryl methyl sites for hydroxylation is 1. The van der Waals surface area contributed by atoms with Gasteiger partial charge in [0, 0.05) is 5.56 Å². The Kier molecular flexibility index (Phi) is 4.60. The summed E-state index contributed by atoms with van der Waals surface area (Å²) in [6.07, 6.45) is 0.931. The van der Waals surface area contributed by atoms with Crippen molar-refractivity contribution in [2.45, 2.75) is 20.0 Å². The van der Waals surface area contributed by atoms with Crippen LogP contribution in [0, 0.1) is 0 Å². The van der Waals surface area contributed by atoms with Gasteiger partial charge in [0.15, 0.2) is 5.84 Å². The zero-order valence-corrected chi connectivity index (χ0v) is 11.4. The molecule has 2 rings (SSSR count). The van der Waals surface area contributed by atoms with Crippen LogP contribution in [-0.2, 0) is 13.0 Å². The number of rotatable bonds is 5. The van der Waals surface area contributed by atoms with E-state index in [1.807, 2.05) is 36.4 Å². The van der Waals surface area contributed by atoms with Crippen molar-refractivity contribution in [2.75, 3.05) is 0 Å². The van der Waals surface area contributed by atoms with Crippen molar-refractivity contribution < 1.29 is 9.94 Å². The van der Waals surface area contributed by atoms with Crippen molar-refractivity contribution in [2.24, 2.45) is 10.9 Å². The highest BCUT2D eigenvalue weighted by molar-refractivity contribution is 5.97. The predicted molar refractivity (Wildman–Crippen MR) is 79.1 cm³/mol. The topological polar surface area (TPSA) is 67.8 Å². The molecule has 0 bridgehead atoms. The summed E-state index contributed by atoms with van der Waals surface area (Å²) in [7, 11) is 0. The van der Waals surface area contributed by atoms with Crippen LogP contribution < -0.4 is 10.5 Å². The molecule has 0 aromatic heterocycles. The molecule has 0 spiro atoms. The number of benzene rings is 2. The first kappa shape index (κ1) is 13.9. The van der Waals surface area contributed by atoms with Crippen molar-refractivity contribution in [1.29, 1.82) is 0 Å². The van der Waals surface area contributed by atoms with E-state index in [1.54, 1.807) is 6.07 Å². The predicted octanol–water partition coefficient (Wildman–Crippen LogP) is 2.92. The molecule has 0 atom stereocenters. The molecule has 0 fully saturated rings. The molecule has 0 saturated carbocycles. The molecule has 4 nitrogen and oxygen atoms in total. The Hall–Kier alpha value is -2.49. The minimum absolute atomic E-state index is 0.0980. The van der Waals surface area contributed by atoms with Gasteiger partial charge in [0.2, 0.25) is 0 Å². The number of oxime groups is 1. The summed E-state index contributed by atoms with van der Waals surface area (Å²) in [6, 6.07) is 15.4. The standard InChI is InChI=1S/C16H18N2O2/c1-2-13-7-3-4-9-15(13)20-11-12-6-5-8-14(10-12)16(17)18-19/h3-10,19H,2,11H2,1H3,(H2,17,18). The van der Waals surface area contributed by atoms with Crippen molar-refractivity contribution in [3.63, 3.8) is 0 Å². The number of nitrogens with two attached hydrogens (primary N) is 1. The third-order valence-electron chi connectivity index (χ3n) is 3.08. The summed E-state index contributed by atoms with van der Waals surface area (Å²) in [5, 5.41) is 11.7. The SMILES string of the molecule is CCc1ccccc1OCc1cccc(/C(N)=N/O)c1. The number of ether oxygens (including phenoxy) is 1. The summed E-state index contributed by atoms with van der Waals surface area (Å²) in [5.74, 6) is 0.991. The zero-order valence-electron chi connectivity index (χ0n) is 11.4. The lowest BCUT2D eigenvalue weighted by molar-refractivity contribution is 0.303. The van der Waals surface area contributed by atoms with Crippen molar-refractivity contribution >= 4 is 5.84 Å². The van der Waals surface area contributed by atoms with E-state index in [1.165, 1.54) is 5.56 Å². The van der Waals surface area contributed by atoms with E-state index < -0.39 is 0 Å². The third kappa shape index (κ3) is 3.29. The normalized spacial score (nSPS) is 11.3. The summed E-state index contributed by atoms with van der Waals surface area (Å²) >= 11 is 0. The Morgan fingerprint density at radius 2 is 2.00 bits per heavy atom. The number of hydrogen-bond donors (Lipinski definition) is 2. The molecule has 4 heteroatoms. The van der Waals surface area contributed by atoms with Crippen molar-refractivity contribution in [3.8, 4) is 5.75 Å². The molecule has 0 heterocycles. The molecule has 0 amide bonds. The van der Waals surface area contributed by atoms with Crippen LogP contribution in [0.3, 0.4) is 0 Å². The zero-order chi connectivity index (χ0) is 14.4. The molecule has 3 N–H and O–H groups in total. The molecule has 20 heavy (non-hydrogen) atoms. The summed E-state index contributed by atoms with van der Waals surface area (Å²) < 4.78 is 5.84. The maximum atomic E-state index is 8.69. The number of hydrogen-bond acceptors (Lipinski definition) is 3. The largest absolute Gasteiger partial charge is 0.489 e. The first-order valence-corrected chi connectivity index (χ1v) is 6.52. The van der Waals surface area contributed by atoms with E-state index in [4.69, 9.17) is 15.7 Å². The average Bonchev–Trinajstić information content (AvgIpc) is 2.52. The lowest BCUT2D eigenvalue weighted by atomic mass is 10.1.